The van der Waals surface area contributed by atoms with E-state index < -0.39 is 0 Å². The summed E-state index contributed by atoms with van der Waals surface area (Å²) >= 11 is 0. The first kappa shape index (κ1) is 8.81. The zero-order valence-electron chi connectivity index (χ0n) is 7.96. The standard InChI is InChI=1S/C11H11NO2/c1-7-10-4-3-8(11(13)12-2)5-9(10)6-14-7/h3-5H,1,6H2,2H3,(H,12,13). The molecule has 1 aromatic carbocycles. The van der Waals surface area contributed by atoms with Crippen LogP contribution in [0.1, 0.15) is 21.5 Å². The summed E-state index contributed by atoms with van der Waals surface area (Å²) in [6.45, 7) is 4.28. The molecule has 2 rings (SSSR count). The molecule has 0 radical (unpaired) electrons. The molecule has 0 unspecified atom stereocenters. The Morgan fingerprint density at radius 3 is 3.07 bits per heavy atom. The number of rotatable bonds is 1. The minimum absolute atomic E-state index is 0.0784. The zero-order chi connectivity index (χ0) is 10.1. The molecule has 0 aliphatic carbocycles. The van der Waals surface area contributed by atoms with Gasteiger partial charge in [-0.1, -0.05) is 12.6 Å². The van der Waals surface area contributed by atoms with Crippen LogP contribution in [-0.2, 0) is 11.3 Å². The van der Waals surface area contributed by atoms with Crippen LogP contribution >= 0.6 is 0 Å². The number of carbonyl (C=O) groups excluding carboxylic acids is 1. The summed E-state index contributed by atoms with van der Waals surface area (Å²) in [6.07, 6.45) is 0. The molecule has 14 heavy (non-hydrogen) atoms. The first-order chi connectivity index (χ1) is 6.72. The maximum absolute atomic E-state index is 11.3. The molecule has 72 valence electrons. The molecule has 0 saturated heterocycles. The van der Waals surface area contributed by atoms with Crippen LogP contribution in [0.2, 0.25) is 0 Å². The van der Waals surface area contributed by atoms with E-state index in [4.69, 9.17) is 4.74 Å². The normalized spacial score (nSPS) is 13.4. The van der Waals surface area contributed by atoms with Crippen molar-refractivity contribution < 1.29 is 9.53 Å². The fraction of sp³-hybridized carbons (Fsp3) is 0.182. The first-order valence-corrected chi connectivity index (χ1v) is 4.39. The molecule has 1 aromatic rings. The van der Waals surface area contributed by atoms with Crippen LogP contribution in [0.3, 0.4) is 0 Å². The molecule has 1 N–H and O–H groups in total. The molecule has 0 atom stereocenters. The topological polar surface area (TPSA) is 38.3 Å². The van der Waals surface area contributed by atoms with Crippen LogP contribution in [0.15, 0.2) is 24.8 Å². The molecule has 0 saturated carbocycles. The van der Waals surface area contributed by atoms with Gasteiger partial charge in [0.2, 0.25) is 0 Å². The number of benzene rings is 1. The van der Waals surface area contributed by atoms with Crippen LogP contribution < -0.4 is 5.32 Å². The van der Waals surface area contributed by atoms with Gasteiger partial charge in [-0.15, -0.1) is 0 Å². The van der Waals surface area contributed by atoms with Gasteiger partial charge in [0.15, 0.2) is 0 Å². The summed E-state index contributed by atoms with van der Waals surface area (Å²) < 4.78 is 5.27. The first-order valence-electron chi connectivity index (χ1n) is 4.39. The summed E-state index contributed by atoms with van der Waals surface area (Å²) in [6, 6.07) is 5.49. The Morgan fingerprint density at radius 1 is 1.57 bits per heavy atom. The molecule has 3 heteroatoms. The summed E-state index contributed by atoms with van der Waals surface area (Å²) in [5.74, 6) is 0.605. The van der Waals surface area contributed by atoms with Crippen molar-refractivity contribution in [2.24, 2.45) is 0 Å². The van der Waals surface area contributed by atoms with Crippen LogP contribution in [0.5, 0.6) is 0 Å². The summed E-state index contributed by atoms with van der Waals surface area (Å²) in [4.78, 5) is 11.3. The van der Waals surface area contributed by atoms with Crippen molar-refractivity contribution in [1.82, 2.24) is 5.32 Å². The van der Waals surface area contributed by atoms with Gasteiger partial charge in [-0.05, 0) is 12.1 Å². The Bertz CT molecular complexity index is 410. The van der Waals surface area contributed by atoms with Crippen molar-refractivity contribution in [3.05, 3.63) is 41.5 Å². The van der Waals surface area contributed by atoms with Crippen LogP contribution in [0.4, 0.5) is 0 Å². The van der Waals surface area contributed by atoms with Crippen molar-refractivity contribution in [2.75, 3.05) is 7.05 Å². The molecule has 0 bridgehead atoms. The van der Waals surface area contributed by atoms with Gasteiger partial charge < -0.3 is 10.1 Å². The number of amides is 1. The SMILES string of the molecule is C=C1OCc2cc(C(=O)NC)ccc21. The third kappa shape index (κ3) is 1.27. The second-order valence-corrected chi connectivity index (χ2v) is 3.16. The number of hydrogen-bond acceptors (Lipinski definition) is 2. The third-order valence-corrected chi connectivity index (χ3v) is 2.30. The summed E-state index contributed by atoms with van der Waals surface area (Å²) in [5, 5.41) is 2.58. The molecular formula is C11H11NO2. The number of ether oxygens (including phenoxy) is 1. The van der Waals surface area contributed by atoms with E-state index >= 15 is 0 Å². The summed E-state index contributed by atoms with van der Waals surface area (Å²) in [7, 11) is 1.62. The Morgan fingerprint density at radius 2 is 2.36 bits per heavy atom. The van der Waals surface area contributed by atoms with Gasteiger partial charge in [0.05, 0.1) is 0 Å². The molecule has 1 heterocycles. The predicted octanol–water partition coefficient (Wildman–Crippen LogP) is 1.55. The Hall–Kier alpha value is -1.77. The van der Waals surface area contributed by atoms with Crippen molar-refractivity contribution in [3.63, 3.8) is 0 Å². The molecule has 0 spiro atoms. The van der Waals surface area contributed by atoms with E-state index in [-0.39, 0.29) is 5.91 Å². The molecule has 1 aliphatic rings. The van der Waals surface area contributed by atoms with Crippen molar-refractivity contribution in [2.45, 2.75) is 6.61 Å². The van der Waals surface area contributed by atoms with Crippen LogP contribution in [-0.4, -0.2) is 13.0 Å². The van der Waals surface area contributed by atoms with E-state index in [0.717, 1.165) is 11.1 Å². The summed E-state index contributed by atoms with van der Waals surface area (Å²) in [5.41, 5.74) is 2.68. The highest BCUT2D eigenvalue weighted by atomic mass is 16.5. The minimum Gasteiger partial charge on any atom is -0.489 e. The quantitative estimate of drug-likeness (QED) is 0.727. The van der Waals surface area contributed by atoms with Crippen molar-refractivity contribution in [1.29, 1.82) is 0 Å². The second kappa shape index (κ2) is 3.18. The number of nitrogens with one attached hydrogen (secondary N) is 1. The highest BCUT2D eigenvalue weighted by molar-refractivity contribution is 5.94. The van der Waals surface area contributed by atoms with E-state index in [2.05, 4.69) is 11.9 Å². The molecule has 0 aromatic heterocycles. The highest BCUT2D eigenvalue weighted by Crippen LogP contribution is 2.28. The fourth-order valence-corrected chi connectivity index (χ4v) is 1.51. The van der Waals surface area contributed by atoms with Gasteiger partial charge >= 0.3 is 0 Å². The van der Waals surface area contributed by atoms with E-state index in [1.165, 1.54) is 0 Å². The maximum atomic E-state index is 11.3. The van der Waals surface area contributed by atoms with Crippen molar-refractivity contribution >= 4 is 11.7 Å². The van der Waals surface area contributed by atoms with Crippen molar-refractivity contribution in [3.8, 4) is 0 Å². The van der Waals surface area contributed by atoms with Gasteiger partial charge in [0.25, 0.3) is 5.91 Å². The average molecular weight is 189 g/mol. The molecule has 3 nitrogen and oxygen atoms in total. The predicted molar refractivity (Wildman–Crippen MR) is 53.7 cm³/mol. The van der Waals surface area contributed by atoms with Gasteiger partial charge in [0, 0.05) is 23.7 Å². The Labute approximate surface area is 82.4 Å². The van der Waals surface area contributed by atoms with Crippen LogP contribution in [0.25, 0.3) is 5.76 Å². The smallest absolute Gasteiger partial charge is 0.251 e. The number of carbonyl (C=O) groups is 1. The lowest BCUT2D eigenvalue weighted by Gasteiger charge is -2.01. The Balaban J connectivity index is 2.42. The van der Waals surface area contributed by atoms with E-state index in [1.807, 2.05) is 12.1 Å². The molecule has 0 fully saturated rings. The lowest BCUT2D eigenvalue weighted by molar-refractivity contribution is 0.0963. The monoisotopic (exact) mass is 189 g/mol. The van der Waals surface area contributed by atoms with E-state index in [0.29, 0.717) is 17.9 Å². The van der Waals surface area contributed by atoms with Crippen LogP contribution in [0, 0.1) is 0 Å². The van der Waals surface area contributed by atoms with Gasteiger partial charge in [-0.25, -0.2) is 0 Å². The molecule has 1 amide bonds. The zero-order valence-corrected chi connectivity index (χ0v) is 7.96. The van der Waals surface area contributed by atoms with Gasteiger partial charge in [-0.2, -0.15) is 0 Å². The average Bonchev–Trinajstić information content (AvgIpc) is 2.59. The largest absolute Gasteiger partial charge is 0.489 e. The fourth-order valence-electron chi connectivity index (χ4n) is 1.51. The van der Waals surface area contributed by atoms with Gasteiger partial charge in [-0.3, -0.25) is 4.79 Å². The highest BCUT2D eigenvalue weighted by Gasteiger charge is 2.17. The lowest BCUT2D eigenvalue weighted by atomic mass is 10.0. The molecular weight excluding hydrogens is 178 g/mol. The maximum Gasteiger partial charge on any atom is 0.251 e. The number of hydrogen-bond donors (Lipinski definition) is 1. The van der Waals surface area contributed by atoms with Gasteiger partial charge in [0.1, 0.15) is 12.4 Å². The molecule has 1 aliphatic heterocycles. The van der Waals surface area contributed by atoms with E-state index in [9.17, 15) is 4.79 Å². The lowest BCUT2D eigenvalue weighted by Crippen LogP contribution is -2.17. The minimum atomic E-state index is -0.0784. The van der Waals surface area contributed by atoms with E-state index in [1.54, 1.807) is 13.1 Å². The Kier molecular flexibility index (Phi) is 2.00. The second-order valence-electron chi connectivity index (χ2n) is 3.16. The third-order valence-electron chi connectivity index (χ3n) is 2.30. The number of fused-ring (bicyclic) bond motifs is 1.